The van der Waals surface area contributed by atoms with Crippen molar-refractivity contribution in [2.75, 3.05) is 13.2 Å². The highest BCUT2D eigenvalue weighted by molar-refractivity contribution is 6.11. The lowest BCUT2D eigenvalue weighted by atomic mass is 9.85. The Morgan fingerprint density at radius 3 is 1.92 bits per heavy atom. The van der Waals surface area contributed by atoms with E-state index in [-0.39, 0.29) is 35.8 Å². The van der Waals surface area contributed by atoms with Gasteiger partial charge in [-0.1, -0.05) is 24.3 Å². The normalized spacial score (nSPS) is 15.7. The highest BCUT2D eigenvalue weighted by Crippen LogP contribution is 2.54. The molecule has 1 atom stereocenters. The fourth-order valence-corrected chi connectivity index (χ4v) is 4.46. The van der Waals surface area contributed by atoms with E-state index in [4.69, 9.17) is 23.4 Å². The third-order valence-corrected chi connectivity index (χ3v) is 5.66. The van der Waals surface area contributed by atoms with E-state index in [1.165, 1.54) is 20.1 Å². The number of nitrogens with one attached hydrogen (secondary N) is 1. The van der Waals surface area contributed by atoms with Gasteiger partial charge in [0.1, 0.15) is 17.3 Å². The molecular weight excluding hydrogens is 470 g/mol. The lowest BCUT2D eigenvalue weighted by Crippen LogP contribution is -2.54. The molecule has 3 aromatic rings. The number of hydrogen-bond acceptors (Lipinski definition) is 10. The Morgan fingerprint density at radius 1 is 0.861 bits per heavy atom. The van der Waals surface area contributed by atoms with E-state index in [9.17, 15) is 19.2 Å². The number of rotatable bonds is 7. The van der Waals surface area contributed by atoms with E-state index < -0.39 is 35.5 Å². The number of fused-ring (bicyclic) bond motifs is 2. The van der Waals surface area contributed by atoms with E-state index in [1.54, 1.807) is 50.2 Å². The number of esters is 4. The van der Waals surface area contributed by atoms with E-state index in [1.807, 2.05) is 0 Å². The van der Waals surface area contributed by atoms with Crippen LogP contribution in [-0.2, 0) is 34.2 Å². The van der Waals surface area contributed by atoms with Gasteiger partial charge in [0.2, 0.25) is 5.54 Å². The molecule has 0 saturated heterocycles. The van der Waals surface area contributed by atoms with Crippen LogP contribution in [0.5, 0.6) is 11.5 Å². The molecule has 0 bridgehead atoms. The third-order valence-electron chi connectivity index (χ3n) is 5.66. The smallest absolute Gasteiger partial charge is 0.343 e. The van der Waals surface area contributed by atoms with E-state index in [2.05, 4.69) is 5.32 Å². The van der Waals surface area contributed by atoms with E-state index in [0.29, 0.717) is 16.5 Å². The standard InChI is InChI=1S/C26H25NO9/c1-5-32-24(30)26(25(31)33-6-2)20-19(21(27-26)18-12-9-13-34-18)22(35-14(3)28)16-10-7-8-11-17(16)23(20)36-15(4)29/h7-13,21,27H,5-6H2,1-4H3/t21-/m1/s1. The van der Waals surface area contributed by atoms with Crippen LogP contribution >= 0.6 is 0 Å². The minimum absolute atomic E-state index is 0.0459. The molecule has 36 heavy (non-hydrogen) atoms. The summed E-state index contributed by atoms with van der Waals surface area (Å²) in [6.45, 7) is 5.52. The number of ether oxygens (including phenoxy) is 4. The van der Waals surface area contributed by atoms with Gasteiger partial charge < -0.3 is 23.4 Å². The lowest BCUT2D eigenvalue weighted by Gasteiger charge is -2.28. The molecule has 1 aliphatic rings. The van der Waals surface area contributed by atoms with Crippen molar-refractivity contribution in [3.63, 3.8) is 0 Å². The summed E-state index contributed by atoms with van der Waals surface area (Å²) in [6, 6.07) is 8.99. The van der Waals surface area contributed by atoms with Crippen LogP contribution in [0.25, 0.3) is 10.8 Å². The molecule has 0 fully saturated rings. The van der Waals surface area contributed by atoms with Gasteiger partial charge in [-0.2, -0.15) is 0 Å². The van der Waals surface area contributed by atoms with E-state index >= 15 is 0 Å². The van der Waals surface area contributed by atoms with Crippen molar-refractivity contribution in [1.82, 2.24) is 5.32 Å². The zero-order chi connectivity index (χ0) is 26.0. The molecule has 1 aliphatic heterocycles. The second-order valence-electron chi connectivity index (χ2n) is 7.96. The van der Waals surface area contributed by atoms with Gasteiger partial charge in [0, 0.05) is 35.7 Å². The second kappa shape index (κ2) is 9.82. The highest BCUT2D eigenvalue weighted by Gasteiger charge is 2.61. The van der Waals surface area contributed by atoms with Crippen molar-refractivity contribution in [1.29, 1.82) is 0 Å². The molecule has 10 nitrogen and oxygen atoms in total. The maximum absolute atomic E-state index is 13.6. The number of carbonyl (C=O) groups excluding carboxylic acids is 4. The Balaban J connectivity index is 2.23. The Bertz CT molecular complexity index is 1330. The Hall–Kier alpha value is -4.18. The Kier molecular flexibility index (Phi) is 6.80. The SMILES string of the molecule is CCOC(=O)C1(C(=O)OCC)N[C@H](c2ccco2)c2c1c(OC(C)=O)c1ccccc1c2OC(C)=O. The zero-order valence-corrected chi connectivity index (χ0v) is 20.2. The summed E-state index contributed by atoms with van der Waals surface area (Å²) < 4.78 is 27.6. The van der Waals surface area contributed by atoms with Crippen LogP contribution < -0.4 is 14.8 Å². The lowest BCUT2D eigenvalue weighted by molar-refractivity contribution is -0.167. The average molecular weight is 495 g/mol. The second-order valence-corrected chi connectivity index (χ2v) is 7.96. The van der Waals surface area contributed by atoms with Crippen molar-refractivity contribution in [3.8, 4) is 11.5 Å². The van der Waals surface area contributed by atoms with Crippen molar-refractivity contribution in [3.05, 3.63) is 59.5 Å². The molecule has 2 heterocycles. The van der Waals surface area contributed by atoms with Gasteiger partial charge in [0.25, 0.3) is 0 Å². The largest absolute Gasteiger partial charge is 0.467 e. The summed E-state index contributed by atoms with van der Waals surface area (Å²) in [7, 11) is 0. The summed E-state index contributed by atoms with van der Waals surface area (Å²) in [5.74, 6) is -2.95. The first-order chi connectivity index (χ1) is 17.3. The van der Waals surface area contributed by atoms with Gasteiger partial charge in [0.15, 0.2) is 0 Å². The van der Waals surface area contributed by atoms with Crippen LogP contribution in [0, 0.1) is 0 Å². The molecule has 0 radical (unpaired) electrons. The van der Waals surface area contributed by atoms with Gasteiger partial charge in [0.05, 0.1) is 25.5 Å². The molecule has 10 heteroatoms. The van der Waals surface area contributed by atoms with Crippen molar-refractivity contribution in [2.45, 2.75) is 39.3 Å². The molecular formula is C26H25NO9. The maximum Gasteiger partial charge on any atom is 0.343 e. The number of benzene rings is 2. The Morgan fingerprint density at radius 2 is 1.42 bits per heavy atom. The van der Waals surface area contributed by atoms with Crippen molar-refractivity contribution >= 4 is 34.6 Å². The first kappa shape index (κ1) is 24.9. The van der Waals surface area contributed by atoms with Gasteiger partial charge in [-0.25, -0.2) is 9.59 Å². The predicted octanol–water partition coefficient (Wildman–Crippen LogP) is 3.30. The third kappa shape index (κ3) is 3.99. The average Bonchev–Trinajstić information content (AvgIpc) is 3.48. The van der Waals surface area contributed by atoms with Crippen LogP contribution in [-0.4, -0.2) is 37.1 Å². The molecule has 0 saturated carbocycles. The predicted molar refractivity (Wildman–Crippen MR) is 125 cm³/mol. The van der Waals surface area contributed by atoms with Gasteiger partial charge in [-0.15, -0.1) is 0 Å². The van der Waals surface area contributed by atoms with Crippen molar-refractivity contribution in [2.24, 2.45) is 0 Å². The first-order valence-corrected chi connectivity index (χ1v) is 11.4. The number of hydrogen-bond donors (Lipinski definition) is 1. The minimum atomic E-state index is -2.26. The van der Waals surface area contributed by atoms with Crippen LogP contribution in [0.4, 0.5) is 0 Å². The zero-order valence-electron chi connectivity index (χ0n) is 20.2. The van der Waals surface area contributed by atoms with E-state index in [0.717, 1.165) is 0 Å². The minimum Gasteiger partial charge on any atom is -0.467 e. The van der Waals surface area contributed by atoms with Crippen LogP contribution in [0.15, 0.2) is 47.1 Å². The van der Waals surface area contributed by atoms with Crippen LogP contribution in [0.1, 0.15) is 50.6 Å². The molecule has 0 amide bonds. The number of furan rings is 1. The van der Waals surface area contributed by atoms with Gasteiger partial charge in [-0.05, 0) is 26.0 Å². The fourth-order valence-electron chi connectivity index (χ4n) is 4.46. The van der Waals surface area contributed by atoms with Gasteiger partial charge in [-0.3, -0.25) is 14.9 Å². The molecule has 188 valence electrons. The molecule has 2 aromatic carbocycles. The summed E-state index contributed by atoms with van der Waals surface area (Å²) in [5, 5.41) is 3.77. The summed E-state index contributed by atoms with van der Waals surface area (Å²) in [5.41, 5.74) is -2.11. The van der Waals surface area contributed by atoms with Crippen LogP contribution in [0.2, 0.25) is 0 Å². The summed E-state index contributed by atoms with van der Waals surface area (Å²) in [6.07, 6.45) is 1.42. The van der Waals surface area contributed by atoms with Crippen molar-refractivity contribution < 1.29 is 42.5 Å². The first-order valence-electron chi connectivity index (χ1n) is 11.4. The molecule has 1 aromatic heterocycles. The van der Waals surface area contributed by atoms with Gasteiger partial charge >= 0.3 is 23.9 Å². The molecule has 0 aliphatic carbocycles. The quantitative estimate of drug-likeness (QED) is 0.296. The summed E-state index contributed by atoms with van der Waals surface area (Å²) >= 11 is 0. The van der Waals surface area contributed by atoms with Crippen LogP contribution in [0.3, 0.4) is 0 Å². The molecule has 0 unspecified atom stereocenters. The Labute approximate surface area is 206 Å². The fraction of sp³-hybridized carbons (Fsp3) is 0.308. The number of carbonyl (C=O) groups is 4. The highest BCUT2D eigenvalue weighted by atomic mass is 16.6. The summed E-state index contributed by atoms with van der Waals surface area (Å²) in [4.78, 5) is 51.7. The molecule has 0 spiro atoms. The topological polar surface area (TPSA) is 130 Å². The molecule has 4 rings (SSSR count). The monoisotopic (exact) mass is 495 g/mol. The molecule has 1 N–H and O–H groups in total. The maximum atomic E-state index is 13.6.